The number of hydroxylamine groups is 2. The Kier molecular flexibility index (Phi) is 6.02. The average molecular weight is 370 g/mol. The van der Waals surface area contributed by atoms with Gasteiger partial charge in [0.25, 0.3) is 0 Å². The third-order valence-electron chi connectivity index (χ3n) is 5.66. The molecule has 27 heavy (non-hydrogen) atoms. The van der Waals surface area contributed by atoms with E-state index in [9.17, 15) is 4.39 Å². The lowest BCUT2D eigenvalue weighted by molar-refractivity contribution is -0.308. The third-order valence-corrected chi connectivity index (χ3v) is 5.66. The Bertz CT molecular complexity index is 725. The van der Waals surface area contributed by atoms with Gasteiger partial charge in [0.05, 0.1) is 0 Å². The molecule has 0 bridgehead atoms. The Morgan fingerprint density at radius 3 is 2.26 bits per heavy atom. The molecule has 0 spiro atoms. The van der Waals surface area contributed by atoms with Gasteiger partial charge in [0.2, 0.25) is 0 Å². The van der Waals surface area contributed by atoms with E-state index >= 15 is 0 Å². The molecule has 1 fully saturated rings. The van der Waals surface area contributed by atoms with Gasteiger partial charge in [-0.3, -0.25) is 4.84 Å². The van der Waals surface area contributed by atoms with Crippen LogP contribution < -0.4 is 0 Å². The lowest BCUT2D eigenvalue weighted by Crippen LogP contribution is -2.58. The van der Waals surface area contributed by atoms with E-state index in [0.29, 0.717) is 0 Å². The molecular formula is C24H32FNO. The molecule has 1 aliphatic heterocycles. The number of nitrogens with zero attached hydrogens (tertiary/aromatic N) is 1. The predicted molar refractivity (Wildman–Crippen MR) is 109 cm³/mol. The molecule has 1 saturated heterocycles. The minimum Gasteiger partial charge on any atom is -0.290 e. The largest absolute Gasteiger partial charge is 0.290 e. The van der Waals surface area contributed by atoms with Crippen molar-refractivity contribution in [2.24, 2.45) is 0 Å². The SMILES string of the molecule is CC1(C)CCCC(C)(C)N1OC(CCc1cccc(F)c1)c1ccccc1. The normalized spacial score (nSPS) is 20.3. The van der Waals surface area contributed by atoms with E-state index in [1.807, 2.05) is 12.1 Å². The Morgan fingerprint density at radius 2 is 1.63 bits per heavy atom. The molecule has 2 nitrogen and oxygen atoms in total. The minimum atomic E-state index is -0.178. The van der Waals surface area contributed by atoms with Gasteiger partial charge in [0, 0.05) is 11.1 Å². The minimum absolute atomic E-state index is 0.00631. The van der Waals surface area contributed by atoms with Crippen molar-refractivity contribution in [2.75, 3.05) is 0 Å². The van der Waals surface area contributed by atoms with Crippen molar-refractivity contribution in [3.8, 4) is 0 Å². The molecule has 146 valence electrons. The van der Waals surface area contributed by atoms with Gasteiger partial charge >= 0.3 is 0 Å². The zero-order valence-corrected chi connectivity index (χ0v) is 17.0. The summed E-state index contributed by atoms with van der Waals surface area (Å²) in [6, 6.07) is 17.3. The first-order valence-corrected chi connectivity index (χ1v) is 10.0. The van der Waals surface area contributed by atoms with Crippen LogP contribution in [-0.2, 0) is 11.3 Å². The molecule has 1 heterocycles. The number of hydrogen-bond donors (Lipinski definition) is 0. The highest BCUT2D eigenvalue weighted by Crippen LogP contribution is 2.41. The summed E-state index contributed by atoms with van der Waals surface area (Å²) in [4.78, 5) is 6.70. The number of piperidine rings is 1. The summed E-state index contributed by atoms with van der Waals surface area (Å²) in [5.41, 5.74) is 2.17. The summed E-state index contributed by atoms with van der Waals surface area (Å²) in [6.45, 7) is 9.07. The van der Waals surface area contributed by atoms with Gasteiger partial charge in [-0.2, -0.15) is 5.06 Å². The first kappa shape index (κ1) is 20.0. The van der Waals surface area contributed by atoms with E-state index in [1.165, 1.54) is 18.1 Å². The van der Waals surface area contributed by atoms with Crippen molar-refractivity contribution in [3.63, 3.8) is 0 Å². The van der Waals surface area contributed by atoms with Crippen LogP contribution in [0.25, 0.3) is 0 Å². The third kappa shape index (κ3) is 4.97. The molecule has 0 aliphatic carbocycles. The van der Waals surface area contributed by atoms with Gasteiger partial charge in [-0.15, -0.1) is 0 Å². The molecule has 0 aromatic heterocycles. The molecule has 1 atom stereocenters. The first-order chi connectivity index (χ1) is 12.8. The van der Waals surface area contributed by atoms with Gasteiger partial charge in [-0.25, -0.2) is 4.39 Å². The van der Waals surface area contributed by atoms with Crippen LogP contribution in [0.5, 0.6) is 0 Å². The van der Waals surface area contributed by atoms with E-state index in [4.69, 9.17) is 4.84 Å². The smallest absolute Gasteiger partial charge is 0.123 e. The molecule has 3 heteroatoms. The fourth-order valence-corrected chi connectivity index (χ4v) is 4.33. The first-order valence-electron chi connectivity index (χ1n) is 10.0. The monoisotopic (exact) mass is 369 g/mol. The molecule has 1 aliphatic rings. The Balaban J connectivity index is 1.82. The van der Waals surface area contributed by atoms with Crippen LogP contribution in [0.4, 0.5) is 4.39 Å². The number of halogens is 1. The fourth-order valence-electron chi connectivity index (χ4n) is 4.33. The number of benzene rings is 2. The highest BCUT2D eigenvalue weighted by Gasteiger charge is 2.43. The predicted octanol–water partition coefficient (Wildman–Crippen LogP) is 6.47. The maximum Gasteiger partial charge on any atom is 0.123 e. The highest BCUT2D eigenvalue weighted by molar-refractivity contribution is 5.20. The van der Waals surface area contributed by atoms with Crippen molar-refractivity contribution >= 4 is 0 Å². The van der Waals surface area contributed by atoms with Crippen LogP contribution >= 0.6 is 0 Å². The number of rotatable bonds is 6. The van der Waals surface area contributed by atoms with Crippen LogP contribution in [0.15, 0.2) is 54.6 Å². The topological polar surface area (TPSA) is 12.5 Å². The zero-order valence-electron chi connectivity index (χ0n) is 17.0. The Morgan fingerprint density at radius 1 is 0.963 bits per heavy atom. The van der Waals surface area contributed by atoms with Gasteiger partial charge < -0.3 is 0 Å². The molecule has 0 N–H and O–H groups in total. The summed E-state index contributed by atoms with van der Waals surface area (Å²) in [6.07, 6.45) is 5.02. The number of hydrogen-bond acceptors (Lipinski definition) is 2. The fraction of sp³-hybridized carbons (Fsp3) is 0.500. The molecule has 0 radical (unpaired) electrons. The maximum absolute atomic E-state index is 13.6. The maximum atomic E-state index is 13.6. The zero-order chi connectivity index (χ0) is 19.5. The summed E-state index contributed by atoms with van der Waals surface area (Å²) in [5.74, 6) is -0.178. The van der Waals surface area contributed by atoms with E-state index in [2.05, 4.69) is 57.0 Å². The van der Waals surface area contributed by atoms with Crippen LogP contribution in [0, 0.1) is 5.82 Å². The van der Waals surface area contributed by atoms with Crippen LogP contribution in [0.2, 0.25) is 0 Å². The Hall–Kier alpha value is -1.71. The summed E-state index contributed by atoms with van der Waals surface area (Å²) >= 11 is 0. The molecule has 1 unspecified atom stereocenters. The lowest BCUT2D eigenvalue weighted by Gasteiger charge is -2.52. The second kappa shape index (κ2) is 8.12. The standard InChI is InChI=1S/C24H32FNO/c1-23(2)16-9-17-24(3,4)26(23)27-22(20-11-6-5-7-12-20)15-14-19-10-8-13-21(25)18-19/h5-8,10-13,18,22H,9,14-17H2,1-4H3. The molecular weight excluding hydrogens is 337 g/mol. The second-order valence-electron chi connectivity index (χ2n) is 8.95. The molecule has 0 saturated carbocycles. The summed E-state index contributed by atoms with van der Waals surface area (Å²) in [7, 11) is 0. The average Bonchev–Trinajstić information content (AvgIpc) is 2.61. The van der Waals surface area contributed by atoms with E-state index in [0.717, 1.165) is 31.2 Å². The van der Waals surface area contributed by atoms with Crippen molar-refractivity contribution < 1.29 is 9.23 Å². The molecule has 2 aromatic rings. The number of aryl methyl sites for hydroxylation is 1. The summed E-state index contributed by atoms with van der Waals surface area (Å²) in [5, 5.41) is 2.23. The van der Waals surface area contributed by atoms with Gasteiger partial charge in [-0.1, -0.05) is 42.5 Å². The van der Waals surface area contributed by atoms with E-state index in [1.54, 1.807) is 12.1 Å². The summed E-state index contributed by atoms with van der Waals surface area (Å²) < 4.78 is 13.6. The second-order valence-corrected chi connectivity index (χ2v) is 8.95. The van der Waals surface area contributed by atoms with E-state index < -0.39 is 0 Å². The van der Waals surface area contributed by atoms with Gasteiger partial charge in [0.1, 0.15) is 11.9 Å². The lowest BCUT2D eigenvalue weighted by atomic mass is 9.82. The van der Waals surface area contributed by atoms with E-state index in [-0.39, 0.29) is 23.0 Å². The van der Waals surface area contributed by atoms with Crippen molar-refractivity contribution in [1.82, 2.24) is 5.06 Å². The van der Waals surface area contributed by atoms with Gasteiger partial charge in [0.15, 0.2) is 0 Å². The van der Waals surface area contributed by atoms with Crippen molar-refractivity contribution in [3.05, 3.63) is 71.5 Å². The molecule has 2 aromatic carbocycles. The van der Waals surface area contributed by atoms with Crippen LogP contribution in [0.3, 0.4) is 0 Å². The highest BCUT2D eigenvalue weighted by atomic mass is 19.1. The van der Waals surface area contributed by atoms with Gasteiger partial charge in [-0.05, 0) is 83.1 Å². The van der Waals surface area contributed by atoms with Crippen molar-refractivity contribution in [2.45, 2.75) is 77.0 Å². The van der Waals surface area contributed by atoms with Crippen LogP contribution in [-0.4, -0.2) is 16.1 Å². The Labute approximate surface area is 163 Å². The quantitative estimate of drug-likeness (QED) is 0.578. The molecule has 0 amide bonds. The van der Waals surface area contributed by atoms with Crippen LogP contribution in [0.1, 0.15) is 70.6 Å². The van der Waals surface area contributed by atoms with Crippen molar-refractivity contribution in [1.29, 1.82) is 0 Å². The molecule has 3 rings (SSSR count).